The second kappa shape index (κ2) is 13.3. The average Bonchev–Trinajstić information content (AvgIpc) is 2.69. The van der Waals surface area contributed by atoms with Crippen molar-refractivity contribution in [2.24, 2.45) is 0 Å². The van der Waals surface area contributed by atoms with Crippen LogP contribution in [0.25, 0.3) is 0 Å². The molecule has 0 amide bonds. The third kappa shape index (κ3) is 6.52. The van der Waals surface area contributed by atoms with Crippen LogP contribution >= 0.6 is 23.2 Å². The summed E-state index contributed by atoms with van der Waals surface area (Å²) in [5.74, 6) is -0.627. The fraction of sp³-hybridized carbons (Fsp3) is 0.727. The van der Waals surface area contributed by atoms with Gasteiger partial charge in [0.05, 0.1) is 0 Å². The molecule has 0 spiro atoms. The van der Waals surface area contributed by atoms with E-state index in [-0.39, 0.29) is 33.0 Å². The first kappa shape index (κ1) is 25.0. The number of ketones is 2. The molecule has 0 atom stereocenters. The van der Waals surface area contributed by atoms with E-state index in [0.29, 0.717) is 26.2 Å². The second-order valence-corrected chi connectivity index (χ2v) is 8.13. The number of rotatable bonds is 14. The summed E-state index contributed by atoms with van der Waals surface area (Å²) in [6.45, 7) is 11.2. The van der Waals surface area contributed by atoms with Crippen molar-refractivity contribution >= 4 is 34.8 Å². The fourth-order valence-corrected chi connectivity index (χ4v) is 3.84. The van der Waals surface area contributed by atoms with Crippen LogP contribution in [0.2, 0.25) is 0 Å². The van der Waals surface area contributed by atoms with Crippen LogP contribution in [0.3, 0.4) is 0 Å². The highest BCUT2D eigenvalue weighted by Crippen LogP contribution is 2.33. The van der Waals surface area contributed by atoms with E-state index in [1.54, 1.807) is 0 Å². The van der Waals surface area contributed by atoms with Crippen LogP contribution in [-0.4, -0.2) is 47.5 Å². The normalized spacial score (nSPS) is 14.9. The molecule has 6 heteroatoms. The number of nitrogens with zero attached hydrogens (tertiary/aromatic N) is 2. The minimum atomic E-state index is -0.313. The van der Waals surface area contributed by atoms with E-state index in [9.17, 15) is 9.59 Å². The Morgan fingerprint density at radius 1 is 0.571 bits per heavy atom. The third-order valence-electron chi connectivity index (χ3n) is 5.00. The molecule has 1 rings (SSSR count). The maximum atomic E-state index is 13.2. The Morgan fingerprint density at radius 3 is 1.04 bits per heavy atom. The zero-order chi connectivity index (χ0) is 21.1. The number of allylic oxidation sites excluding steroid dienone is 2. The molecule has 4 nitrogen and oxygen atoms in total. The number of hydrogen-bond donors (Lipinski definition) is 0. The standard InChI is InChI=1S/C22H36Cl2N2O2/c1-5-9-13-25(14-10-6-2)19-17(23)22(28)20(18(24)21(19)27)26(15-11-7-3)16-12-8-4/h5-16H2,1-4H3. The van der Waals surface area contributed by atoms with Gasteiger partial charge in [-0.15, -0.1) is 0 Å². The van der Waals surface area contributed by atoms with E-state index in [1.165, 1.54) is 0 Å². The van der Waals surface area contributed by atoms with Crippen LogP contribution in [-0.2, 0) is 9.59 Å². The summed E-state index contributed by atoms with van der Waals surface area (Å²) in [5, 5.41) is 0.0456. The highest BCUT2D eigenvalue weighted by atomic mass is 35.5. The number of Topliss-reactive ketones (excluding diaryl/α,β-unsaturated/α-hetero) is 2. The molecule has 0 aliphatic heterocycles. The van der Waals surface area contributed by atoms with E-state index in [4.69, 9.17) is 23.2 Å². The molecule has 0 N–H and O–H groups in total. The van der Waals surface area contributed by atoms with Crippen LogP contribution < -0.4 is 0 Å². The van der Waals surface area contributed by atoms with Gasteiger partial charge in [0, 0.05) is 26.2 Å². The highest BCUT2D eigenvalue weighted by molar-refractivity contribution is 6.55. The van der Waals surface area contributed by atoms with Gasteiger partial charge in [-0.3, -0.25) is 9.59 Å². The number of unbranched alkanes of at least 4 members (excludes halogenated alkanes) is 4. The maximum Gasteiger partial charge on any atom is 0.224 e. The third-order valence-corrected chi connectivity index (χ3v) is 5.70. The van der Waals surface area contributed by atoms with Crippen molar-refractivity contribution in [3.05, 3.63) is 21.5 Å². The van der Waals surface area contributed by atoms with Gasteiger partial charge in [-0.2, -0.15) is 0 Å². The van der Waals surface area contributed by atoms with Gasteiger partial charge in [-0.25, -0.2) is 0 Å². The maximum absolute atomic E-state index is 13.2. The Balaban J connectivity index is 3.23. The first-order valence-electron chi connectivity index (χ1n) is 10.8. The lowest BCUT2D eigenvalue weighted by Gasteiger charge is -2.33. The Kier molecular flexibility index (Phi) is 11.9. The molecular formula is C22H36Cl2N2O2. The summed E-state index contributed by atoms with van der Waals surface area (Å²) < 4.78 is 0. The van der Waals surface area contributed by atoms with Crippen LogP contribution in [0.5, 0.6) is 0 Å². The summed E-state index contributed by atoms with van der Waals surface area (Å²) in [6.07, 6.45) is 7.77. The number of hydrogen-bond acceptors (Lipinski definition) is 4. The van der Waals surface area contributed by atoms with Gasteiger partial charge in [0.25, 0.3) is 0 Å². The summed E-state index contributed by atoms with van der Waals surface area (Å²) in [5.41, 5.74) is 0.571. The predicted molar refractivity (Wildman–Crippen MR) is 119 cm³/mol. The molecule has 1 aliphatic carbocycles. The molecule has 0 unspecified atom stereocenters. The molecule has 0 aromatic carbocycles. The van der Waals surface area contributed by atoms with Crippen molar-refractivity contribution in [3.63, 3.8) is 0 Å². The lowest BCUT2D eigenvalue weighted by atomic mass is 10.0. The van der Waals surface area contributed by atoms with E-state index in [0.717, 1.165) is 51.4 Å². The number of carbonyl (C=O) groups excluding carboxylic acids is 2. The van der Waals surface area contributed by atoms with Crippen LogP contribution in [0.15, 0.2) is 21.5 Å². The molecule has 0 bridgehead atoms. The molecule has 1 aliphatic rings. The monoisotopic (exact) mass is 430 g/mol. The van der Waals surface area contributed by atoms with Crippen LogP contribution in [0, 0.1) is 0 Å². The highest BCUT2D eigenvalue weighted by Gasteiger charge is 2.37. The molecule has 0 fully saturated rings. The van der Waals surface area contributed by atoms with Gasteiger partial charge < -0.3 is 9.80 Å². The fourth-order valence-electron chi connectivity index (χ4n) is 3.25. The van der Waals surface area contributed by atoms with Gasteiger partial charge in [0.2, 0.25) is 11.6 Å². The second-order valence-electron chi connectivity index (χ2n) is 7.37. The zero-order valence-electron chi connectivity index (χ0n) is 18.0. The van der Waals surface area contributed by atoms with E-state index in [1.807, 2.05) is 9.80 Å². The lowest BCUT2D eigenvalue weighted by Crippen LogP contribution is -2.39. The van der Waals surface area contributed by atoms with Crippen LogP contribution in [0.4, 0.5) is 0 Å². The SMILES string of the molecule is CCCCN(CCCC)C1=C(Cl)C(=O)C(N(CCCC)CCCC)=C(Cl)C1=O. The molecule has 0 aromatic heterocycles. The summed E-state index contributed by atoms with van der Waals surface area (Å²) in [6, 6.07) is 0. The molecule has 0 radical (unpaired) electrons. The van der Waals surface area contributed by atoms with Crippen molar-refractivity contribution in [3.8, 4) is 0 Å². The quantitative estimate of drug-likeness (QED) is 0.324. The smallest absolute Gasteiger partial charge is 0.224 e. The van der Waals surface area contributed by atoms with Gasteiger partial charge in [0.1, 0.15) is 21.5 Å². The van der Waals surface area contributed by atoms with Gasteiger partial charge in [0.15, 0.2) is 0 Å². The molecule has 28 heavy (non-hydrogen) atoms. The first-order valence-corrected chi connectivity index (χ1v) is 11.6. The Hall–Kier alpha value is -1.00. The van der Waals surface area contributed by atoms with E-state index < -0.39 is 0 Å². The Bertz CT molecular complexity index is 531. The lowest BCUT2D eigenvalue weighted by molar-refractivity contribution is -0.118. The zero-order valence-corrected chi connectivity index (χ0v) is 19.5. The summed E-state index contributed by atoms with van der Waals surface area (Å²) in [4.78, 5) is 30.2. The molecule has 0 saturated carbocycles. The van der Waals surface area contributed by atoms with E-state index in [2.05, 4.69) is 27.7 Å². The van der Waals surface area contributed by atoms with Crippen molar-refractivity contribution in [2.45, 2.75) is 79.1 Å². The van der Waals surface area contributed by atoms with Gasteiger partial charge >= 0.3 is 0 Å². The largest absolute Gasteiger partial charge is 0.367 e. The van der Waals surface area contributed by atoms with Gasteiger partial charge in [-0.1, -0.05) is 76.6 Å². The Labute approximate surface area is 180 Å². The molecule has 0 saturated heterocycles. The number of halogens is 2. The van der Waals surface area contributed by atoms with Crippen molar-refractivity contribution in [2.75, 3.05) is 26.2 Å². The molecule has 0 heterocycles. The average molecular weight is 431 g/mol. The topological polar surface area (TPSA) is 40.6 Å². The van der Waals surface area contributed by atoms with Crippen LogP contribution in [0.1, 0.15) is 79.1 Å². The van der Waals surface area contributed by atoms with Crippen molar-refractivity contribution in [1.82, 2.24) is 9.80 Å². The number of carbonyl (C=O) groups is 2. The summed E-state index contributed by atoms with van der Waals surface area (Å²) >= 11 is 13.0. The first-order chi connectivity index (χ1) is 13.4. The minimum absolute atomic E-state index is 0.0228. The Morgan fingerprint density at radius 2 is 0.821 bits per heavy atom. The van der Waals surface area contributed by atoms with Gasteiger partial charge in [-0.05, 0) is 25.7 Å². The molecule has 0 aromatic rings. The van der Waals surface area contributed by atoms with Crippen molar-refractivity contribution < 1.29 is 9.59 Å². The molecule has 160 valence electrons. The predicted octanol–water partition coefficient (Wildman–Crippen LogP) is 5.84. The van der Waals surface area contributed by atoms with Crippen molar-refractivity contribution in [1.29, 1.82) is 0 Å². The molecular weight excluding hydrogens is 395 g/mol. The van der Waals surface area contributed by atoms with E-state index >= 15 is 0 Å². The summed E-state index contributed by atoms with van der Waals surface area (Å²) in [7, 11) is 0. The minimum Gasteiger partial charge on any atom is -0.367 e.